The zero-order valence-corrected chi connectivity index (χ0v) is 13.4. The van der Waals surface area contributed by atoms with E-state index in [1.165, 1.54) is 5.56 Å². The number of rotatable bonds is 5. The average molecular weight is 298 g/mol. The van der Waals surface area contributed by atoms with Gasteiger partial charge in [-0.15, -0.1) is 0 Å². The summed E-state index contributed by atoms with van der Waals surface area (Å²) in [4.78, 5) is 11.9. The average Bonchev–Trinajstić information content (AvgIpc) is 3.07. The molecule has 0 N–H and O–H groups in total. The molecule has 0 saturated heterocycles. The van der Waals surface area contributed by atoms with Crippen LogP contribution in [-0.4, -0.2) is 11.9 Å². The number of ether oxygens (including phenoxy) is 1. The third-order valence-corrected chi connectivity index (χ3v) is 4.07. The van der Waals surface area contributed by atoms with Gasteiger partial charge in [0.25, 0.3) is 0 Å². The van der Waals surface area contributed by atoms with Gasteiger partial charge in [-0.1, -0.05) is 30.3 Å². The molecule has 1 atom stereocenters. The Kier molecular flexibility index (Phi) is 4.16. The number of benzene rings is 1. The fraction of sp³-hybridized carbons (Fsp3) is 0.421. The number of ketones is 1. The highest BCUT2D eigenvalue weighted by molar-refractivity contribution is 5.93. The fourth-order valence-electron chi connectivity index (χ4n) is 3.19. The second-order valence-electron chi connectivity index (χ2n) is 6.14. The molecular formula is C19H22O3. The van der Waals surface area contributed by atoms with Gasteiger partial charge in [0, 0.05) is 18.1 Å². The number of furan rings is 1. The number of fused-ring (bicyclic) bond motifs is 1. The first-order valence-electron chi connectivity index (χ1n) is 7.93. The van der Waals surface area contributed by atoms with Gasteiger partial charge in [-0.3, -0.25) is 4.79 Å². The molecule has 1 aromatic heterocycles. The van der Waals surface area contributed by atoms with Crippen LogP contribution in [-0.2, 0) is 17.6 Å². The zero-order valence-electron chi connectivity index (χ0n) is 13.4. The smallest absolute Gasteiger partial charge is 0.195 e. The lowest BCUT2D eigenvalue weighted by Crippen LogP contribution is -2.12. The molecule has 1 unspecified atom stereocenters. The molecule has 116 valence electrons. The van der Waals surface area contributed by atoms with E-state index in [0.717, 1.165) is 36.1 Å². The van der Waals surface area contributed by atoms with Crippen molar-refractivity contribution in [2.45, 2.75) is 52.2 Å². The topological polar surface area (TPSA) is 39.4 Å². The Balaban J connectivity index is 2.09. The molecule has 0 amide bonds. The predicted octanol–water partition coefficient (Wildman–Crippen LogP) is 4.49. The van der Waals surface area contributed by atoms with Gasteiger partial charge in [-0.25, -0.2) is 0 Å². The minimum atomic E-state index is -0.249. The summed E-state index contributed by atoms with van der Waals surface area (Å²) in [5, 5.41) is 0. The Morgan fingerprint density at radius 1 is 1.14 bits per heavy atom. The highest BCUT2D eigenvalue weighted by Crippen LogP contribution is 2.39. The van der Waals surface area contributed by atoms with Gasteiger partial charge in [0.15, 0.2) is 11.5 Å². The number of hydrogen-bond acceptors (Lipinski definition) is 3. The van der Waals surface area contributed by atoms with E-state index in [0.29, 0.717) is 5.76 Å². The van der Waals surface area contributed by atoms with Crippen LogP contribution in [0.3, 0.4) is 0 Å². The van der Waals surface area contributed by atoms with Crippen molar-refractivity contribution in [3.63, 3.8) is 0 Å². The molecule has 0 fully saturated rings. The molecular weight excluding hydrogens is 276 g/mol. The van der Waals surface area contributed by atoms with E-state index in [9.17, 15) is 4.79 Å². The van der Waals surface area contributed by atoms with Gasteiger partial charge in [0.1, 0.15) is 11.9 Å². The molecule has 0 saturated carbocycles. The van der Waals surface area contributed by atoms with Crippen LogP contribution in [0.15, 0.2) is 34.7 Å². The lowest BCUT2D eigenvalue weighted by Gasteiger charge is -2.20. The van der Waals surface area contributed by atoms with Crippen LogP contribution in [0.25, 0.3) is 0 Å². The van der Waals surface area contributed by atoms with Crippen molar-refractivity contribution >= 4 is 5.78 Å². The normalized spacial score (nSPS) is 15.1. The molecule has 0 spiro atoms. The number of carbonyl (C=O) groups excluding carboxylic acids is 1. The zero-order chi connectivity index (χ0) is 15.7. The SMILES string of the molecule is CC(=O)c1oc(C(OC(C)C)c2ccccc2)c2c1CCC2. The Labute approximate surface area is 131 Å². The molecule has 1 aliphatic rings. The third-order valence-electron chi connectivity index (χ3n) is 4.07. The number of carbonyl (C=O) groups is 1. The van der Waals surface area contributed by atoms with Crippen LogP contribution in [0, 0.1) is 0 Å². The van der Waals surface area contributed by atoms with Crippen molar-refractivity contribution in [1.82, 2.24) is 0 Å². The van der Waals surface area contributed by atoms with E-state index >= 15 is 0 Å². The van der Waals surface area contributed by atoms with Crippen molar-refractivity contribution in [2.24, 2.45) is 0 Å². The summed E-state index contributed by atoms with van der Waals surface area (Å²) < 4.78 is 12.1. The van der Waals surface area contributed by atoms with Crippen LogP contribution in [0.2, 0.25) is 0 Å². The first kappa shape index (κ1) is 15.0. The molecule has 0 radical (unpaired) electrons. The minimum absolute atomic E-state index is 0.000702. The van der Waals surface area contributed by atoms with Crippen LogP contribution >= 0.6 is 0 Å². The maximum absolute atomic E-state index is 11.9. The fourth-order valence-corrected chi connectivity index (χ4v) is 3.19. The lowest BCUT2D eigenvalue weighted by molar-refractivity contribution is 0.0176. The second-order valence-corrected chi connectivity index (χ2v) is 6.14. The summed E-state index contributed by atoms with van der Waals surface area (Å²) >= 11 is 0. The summed E-state index contributed by atoms with van der Waals surface area (Å²) in [6, 6.07) is 10.1. The third kappa shape index (κ3) is 2.73. The standard InChI is InChI=1S/C19H22O3/c1-12(2)21-18(14-8-5-4-6-9-14)19-16-11-7-10-15(16)17(22-19)13(3)20/h4-6,8-9,12,18H,7,10-11H2,1-3H3. The molecule has 3 heteroatoms. The van der Waals surface area contributed by atoms with Gasteiger partial charge < -0.3 is 9.15 Å². The van der Waals surface area contributed by atoms with Crippen molar-refractivity contribution in [2.75, 3.05) is 0 Å². The summed E-state index contributed by atoms with van der Waals surface area (Å²) in [6.45, 7) is 5.61. The summed E-state index contributed by atoms with van der Waals surface area (Å²) in [6.07, 6.45) is 2.80. The van der Waals surface area contributed by atoms with Crippen LogP contribution < -0.4 is 0 Å². The summed E-state index contributed by atoms with van der Waals surface area (Å²) in [7, 11) is 0. The highest BCUT2D eigenvalue weighted by atomic mass is 16.5. The maximum atomic E-state index is 11.9. The molecule has 0 aliphatic heterocycles. The first-order chi connectivity index (χ1) is 10.6. The van der Waals surface area contributed by atoms with Gasteiger partial charge >= 0.3 is 0 Å². The Morgan fingerprint density at radius 2 is 1.82 bits per heavy atom. The molecule has 1 aromatic carbocycles. The van der Waals surface area contributed by atoms with E-state index < -0.39 is 0 Å². The minimum Gasteiger partial charge on any atom is -0.454 e. The van der Waals surface area contributed by atoms with Gasteiger partial charge in [0.2, 0.25) is 0 Å². The van der Waals surface area contributed by atoms with Crippen LogP contribution in [0.5, 0.6) is 0 Å². The number of hydrogen-bond donors (Lipinski definition) is 0. The summed E-state index contributed by atoms with van der Waals surface area (Å²) in [5.74, 6) is 1.34. The van der Waals surface area contributed by atoms with E-state index in [1.54, 1.807) is 6.92 Å². The molecule has 1 heterocycles. The highest BCUT2D eigenvalue weighted by Gasteiger charge is 2.31. The second kappa shape index (κ2) is 6.09. The monoisotopic (exact) mass is 298 g/mol. The van der Waals surface area contributed by atoms with Crippen molar-refractivity contribution < 1.29 is 13.9 Å². The van der Waals surface area contributed by atoms with Crippen molar-refractivity contribution in [1.29, 1.82) is 0 Å². The molecule has 3 rings (SSSR count). The van der Waals surface area contributed by atoms with Gasteiger partial charge in [0.05, 0.1) is 6.10 Å². The molecule has 1 aliphatic carbocycles. The van der Waals surface area contributed by atoms with Crippen LogP contribution in [0.4, 0.5) is 0 Å². The van der Waals surface area contributed by atoms with E-state index in [4.69, 9.17) is 9.15 Å². The van der Waals surface area contributed by atoms with Gasteiger partial charge in [-0.05, 0) is 38.7 Å². The van der Waals surface area contributed by atoms with E-state index in [-0.39, 0.29) is 18.0 Å². The Morgan fingerprint density at radius 3 is 2.45 bits per heavy atom. The lowest BCUT2D eigenvalue weighted by atomic mass is 10.0. The maximum Gasteiger partial charge on any atom is 0.195 e. The van der Waals surface area contributed by atoms with Crippen LogP contribution in [0.1, 0.15) is 66.3 Å². The van der Waals surface area contributed by atoms with Crippen molar-refractivity contribution in [3.05, 3.63) is 58.5 Å². The Hall–Kier alpha value is -1.87. The summed E-state index contributed by atoms with van der Waals surface area (Å²) in [5.41, 5.74) is 3.34. The molecule has 0 bridgehead atoms. The molecule has 3 nitrogen and oxygen atoms in total. The largest absolute Gasteiger partial charge is 0.454 e. The Bertz CT molecular complexity index is 667. The first-order valence-corrected chi connectivity index (χ1v) is 7.93. The predicted molar refractivity (Wildman–Crippen MR) is 85.2 cm³/mol. The van der Waals surface area contributed by atoms with Gasteiger partial charge in [-0.2, -0.15) is 0 Å². The molecule has 2 aromatic rings. The number of Topliss-reactive ketones (excluding diaryl/α,β-unsaturated/α-hetero) is 1. The quantitative estimate of drug-likeness (QED) is 0.764. The van der Waals surface area contributed by atoms with E-state index in [2.05, 4.69) is 0 Å². The van der Waals surface area contributed by atoms with E-state index in [1.807, 2.05) is 44.2 Å². The van der Waals surface area contributed by atoms with Crippen molar-refractivity contribution in [3.8, 4) is 0 Å². The molecule has 22 heavy (non-hydrogen) atoms.